The standard InChI is InChI=1S/C18H15F2N5O2/c1-2-27-17(26)11-3-5-12(6-4-11)22-16-10-21-25-18(24-16)23-13-7-8-14(19)15(20)9-13/h3-10H,2H2,1H3,(H2,22,23,24,25). The number of aromatic nitrogens is 3. The Morgan fingerprint density at radius 2 is 1.78 bits per heavy atom. The van der Waals surface area contributed by atoms with Crippen LogP contribution in [-0.2, 0) is 4.74 Å². The Morgan fingerprint density at radius 1 is 1.04 bits per heavy atom. The maximum absolute atomic E-state index is 13.3. The molecule has 9 heteroatoms. The van der Waals surface area contributed by atoms with Gasteiger partial charge in [-0.3, -0.25) is 0 Å². The van der Waals surface area contributed by atoms with Gasteiger partial charge in [0.2, 0.25) is 5.95 Å². The number of rotatable bonds is 6. The molecule has 2 N–H and O–H groups in total. The molecule has 0 radical (unpaired) electrons. The summed E-state index contributed by atoms with van der Waals surface area (Å²) in [5.74, 6) is -1.84. The first-order valence-corrected chi connectivity index (χ1v) is 8.01. The van der Waals surface area contributed by atoms with Crippen LogP contribution in [-0.4, -0.2) is 27.8 Å². The second kappa shape index (κ2) is 8.17. The normalized spacial score (nSPS) is 10.3. The highest BCUT2D eigenvalue weighted by Gasteiger charge is 2.08. The molecule has 0 aliphatic heterocycles. The van der Waals surface area contributed by atoms with E-state index in [9.17, 15) is 13.6 Å². The average Bonchev–Trinajstić information content (AvgIpc) is 2.66. The lowest BCUT2D eigenvalue weighted by molar-refractivity contribution is 0.0526. The molecule has 0 fully saturated rings. The number of hydrogen-bond donors (Lipinski definition) is 2. The van der Waals surface area contributed by atoms with E-state index >= 15 is 0 Å². The van der Waals surface area contributed by atoms with Gasteiger partial charge in [0.15, 0.2) is 17.5 Å². The van der Waals surface area contributed by atoms with Crippen molar-refractivity contribution in [2.75, 3.05) is 17.2 Å². The summed E-state index contributed by atoms with van der Waals surface area (Å²) < 4.78 is 31.2. The summed E-state index contributed by atoms with van der Waals surface area (Å²) in [5, 5.41) is 13.4. The summed E-state index contributed by atoms with van der Waals surface area (Å²) in [5.41, 5.74) is 1.39. The van der Waals surface area contributed by atoms with Crippen molar-refractivity contribution in [1.82, 2.24) is 15.2 Å². The first-order chi connectivity index (χ1) is 13.0. The molecule has 0 bridgehead atoms. The summed E-state index contributed by atoms with van der Waals surface area (Å²) in [6, 6.07) is 9.97. The van der Waals surface area contributed by atoms with Crippen LogP contribution < -0.4 is 10.6 Å². The van der Waals surface area contributed by atoms with Crippen molar-refractivity contribution in [1.29, 1.82) is 0 Å². The zero-order valence-corrected chi connectivity index (χ0v) is 14.2. The van der Waals surface area contributed by atoms with E-state index < -0.39 is 17.6 Å². The lowest BCUT2D eigenvalue weighted by Crippen LogP contribution is -2.05. The monoisotopic (exact) mass is 371 g/mol. The van der Waals surface area contributed by atoms with Crippen molar-refractivity contribution >= 4 is 29.1 Å². The van der Waals surface area contributed by atoms with Gasteiger partial charge in [0, 0.05) is 17.4 Å². The Labute approximate surface area is 153 Å². The highest BCUT2D eigenvalue weighted by Crippen LogP contribution is 2.19. The van der Waals surface area contributed by atoms with Gasteiger partial charge < -0.3 is 15.4 Å². The molecule has 27 heavy (non-hydrogen) atoms. The van der Waals surface area contributed by atoms with Crippen molar-refractivity contribution in [3.63, 3.8) is 0 Å². The molecule has 0 saturated heterocycles. The smallest absolute Gasteiger partial charge is 0.338 e. The molecule has 0 aliphatic carbocycles. The quantitative estimate of drug-likeness (QED) is 0.637. The van der Waals surface area contributed by atoms with E-state index in [1.54, 1.807) is 31.2 Å². The van der Waals surface area contributed by atoms with Crippen LogP contribution in [0.1, 0.15) is 17.3 Å². The third kappa shape index (κ3) is 4.72. The molecular formula is C18H15F2N5O2. The van der Waals surface area contributed by atoms with E-state index in [0.29, 0.717) is 23.7 Å². The molecule has 0 saturated carbocycles. The number of carbonyl (C=O) groups excluding carboxylic acids is 1. The van der Waals surface area contributed by atoms with Crippen molar-refractivity contribution in [3.8, 4) is 0 Å². The summed E-state index contributed by atoms with van der Waals surface area (Å²) in [6.45, 7) is 2.04. The number of carbonyl (C=O) groups is 1. The first-order valence-electron chi connectivity index (χ1n) is 8.01. The van der Waals surface area contributed by atoms with Crippen molar-refractivity contribution in [3.05, 3.63) is 65.9 Å². The molecule has 0 amide bonds. The van der Waals surface area contributed by atoms with Gasteiger partial charge >= 0.3 is 5.97 Å². The van der Waals surface area contributed by atoms with E-state index in [4.69, 9.17) is 4.74 Å². The number of esters is 1. The van der Waals surface area contributed by atoms with Gasteiger partial charge in [-0.15, -0.1) is 5.10 Å². The third-order valence-electron chi connectivity index (χ3n) is 3.40. The van der Waals surface area contributed by atoms with Crippen molar-refractivity contribution in [2.45, 2.75) is 6.92 Å². The van der Waals surface area contributed by atoms with Crippen LogP contribution in [0.3, 0.4) is 0 Å². The third-order valence-corrected chi connectivity index (χ3v) is 3.40. The van der Waals surface area contributed by atoms with Gasteiger partial charge in [0.1, 0.15) is 0 Å². The maximum atomic E-state index is 13.3. The molecular weight excluding hydrogens is 356 g/mol. The van der Waals surface area contributed by atoms with Crippen LogP contribution in [0.25, 0.3) is 0 Å². The fourth-order valence-corrected chi connectivity index (χ4v) is 2.17. The number of hydrogen-bond acceptors (Lipinski definition) is 7. The average molecular weight is 371 g/mol. The van der Waals surface area contributed by atoms with E-state index in [-0.39, 0.29) is 11.6 Å². The molecule has 1 heterocycles. The van der Waals surface area contributed by atoms with Gasteiger partial charge in [-0.25, -0.2) is 13.6 Å². The molecule has 2 aromatic carbocycles. The summed E-state index contributed by atoms with van der Waals surface area (Å²) in [6.07, 6.45) is 1.40. The van der Waals surface area contributed by atoms with Crippen molar-refractivity contribution in [2.24, 2.45) is 0 Å². The van der Waals surface area contributed by atoms with E-state index in [0.717, 1.165) is 12.1 Å². The van der Waals surface area contributed by atoms with Crippen LogP contribution in [0, 0.1) is 11.6 Å². The molecule has 7 nitrogen and oxygen atoms in total. The van der Waals surface area contributed by atoms with E-state index in [2.05, 4.69) is 25.8 Å². The fraction of sp³-hybridized carbons (Fsp3) is 0.111. The molecule has 0 aliphatic rings. The Kier molecular flexibility index (Phi) is 5.50. The van der Waals surface area contributed by atoms with Gasteiger partial charge in [0.05, 0.1) is 18.4 Å². The Balaban J connectivity index is 1.70. The zero-order chi connectivity index (χ0) is 19.2. The first kappa shape index (κ1) is 18.2. The number of anilines is 4. The van der Waals surface area contributed by atoms with Gasteiger partial charge in [-0.1, -0.05) is 0 Å². The summed E-state index contributed by atoms with van der Waals surface area (Å²) in [7, 11) is 0. The minimum Gasteiger partial charge on any atom is -0.462 e. The largest absolute Gasteiger partial charge is 0.462 e. The molecule has 138 valence electrons. The van der Waals surface area contributed by atoms with Gasteiger partial charge in [-0.05, 0) is 43.3 Å². The maximum Gasteiger partial charge on any atom is 0.338 e. The molecule has 1 aromatic heterocycles. The predicted molar refractivity (Wildman–Crippen MR) is 95.1 cm³/mol. The summed E-state index contributed by atoms with van der Waals surface area (Å²) in [4.78, 5) is 15.8. The SMILES string of the molecule is CCOC(=O)c1ccc(Nc2cnnc(Nc3ccc(F)c(F)c3)n2)cc1. The second-order valence-corrected chi connectivity index (χ2v) is 5.34. The fourth-order valence-electron chi connectivity index (χ4n) is 2.17. The van der Waals surface area contributed by atoms with Gasteiger partial charge in [-0.2, -0.15) is 10.1 Å². The second-order valence-electron chi connectivity index (χ2n) is 5.34. The zero-order valence-electron chi connectivity index (χ0n) is 14.2. The van der Waals surface area contributed by atoms with E-state index in [1.807, 2.05) is 0 Å². The number of benzene rings is 2. The molecule has 0 atom stereocenters. The van der Waals surface area contributed by atoms with Crippen LogP contribution in [0.4, 0.5) is 31.9 Å². The van der Waals surface area contributed by atoms with Crippen molar-refractivity contribution < 1.29 is 18.3 Å². The minimum absolute atomic E-state index is 0.106. The lowest BCUT2D eigenvalue weighted by atomic mass is 10.2. The van der Waals surface area contributed by atoms with Crippen LogP contribution in [0.5, 0.6) is 0 Å². The Bertz CT molecular complexity index is 951. The minimum atomic E-state index is -0.982. The topological polar surface area (TPSA) is 89.0 Å². The van der Waals surface area contributed by atoms with Crippen LogP contribution >= 0.6 is 0 Å². The molecule has 0 spiro atoms. The number of ether oxygens (including phenoxy) is 1. The molecule has 3 rings (SSSR count). The Morgan fingerprint density at radius 3 is 2.48 bits per heavy atom. The predicted octanol–water partition coefficient (Wildman–Crippen LogP) is 3.81. The number of nitrogens with zero attached hydrogens (tertiary/aromatic N) is 3. The lowest BCUT2D eigenvalue weighted by Gasteiger charge is -2.08. The van der Waals surface area contributed by atoms with Crippen LogP contribution in [0.15, 0.2) is 48.7 Å². The molecule has 0 unspecified atom stereocenters. The number of halogens is 2. The number of nitrogens with one attached hydrogen (secondary N) is 2. The highest BCUT2D eigenvalue weighted by molar-refractivity contribution is 5.89. The highest BCUT2D eigenvalue weighted by atomic mass is 19.2. The van der Waals surface area contributed by atoms with Crippen LogP contribution in [0.2, 0.25) is 0 Å². The van der Waals surface area contributed by atoms with E-state index in [1.165, 1.54) is 12.3 Å². The molecule has 3 aromatic rings. The summed E-state index contributed by atoms with van der Waals surface area (Å²) >= 11 is 0. The Hall–Kier alpha value is -3.62. The van der Waals surface area contributed by atoms with Gasteiger partial charge in [0.25, 0.3) is 0 Å².